The van der Waals surface area contributed by atoms with E-state index in [0.29, 0.717) is 0 Å². The van der Waals surface area contributed by atoms with E-state index in [2.05, 4.69) is 22.4 Å². The van der Waals surface area contributed by atoms with E-state index in [1.54, 1.807) is 0 Å². The Bertz CT molecular complexity index is 558. The molecule has 1 heterocycles. The van der Waals surface area contributed by atoms with Crippen molar-refractivity contribution in [3.63, 3.8) is 0 Å². The number of aromatic nitrogens is 1. The van der Waals surface area contributed by atoms with Crippen molar-refractivity contribution in [2.24, 2.45) is 0 Å². The summed E-state index contributed by atoms with van der Waals surface area (Å²) in [5.41, 5.74) is 0.996. The maximum Gasteiger partial charge on any atom is 0.146 e. The van der Waals surface area contributed by atoms with Gasteiger partial charge < -0.3 is 10.1 Å². The lowest BCUT2D eigenvalue weighted by molar-refractivity contribution is -0.0127. The minimum atomic E-state index is 0.0226. The first kappa shape index (κ1) is 12.4. The molecule has 3 heteroatoms. The molecule has 100 valence electrons. The monoisotopic (exact) mass is 256 g/mol. The number of nitrogens with zero attached hydrogens (tertiary/aromatic N) is 1. The van der Waals surface area contributed by atoms with Crippen molar-refractivity contribution in [1.82, 2.24) is 10.3 Å². The van der Waals surface area contributed by atoms with Gasteiger partial charge in [-0.3, -0.25) is 4.98 Å². The molecule has 1 fully saturated rings. The van der Waals surface area contributed by atoms with Crippen LogP contribution in [-0.4, -0.2) is 24.2 Å². The first-order chi connectivity index (χ1) is 9.33. The minimum absolute atomic E-state index is 0.0226. The van der Waals surface area contributed by atoms with Gasteiger partial charge in [0.25, 0.3) is 0 Å². The summed E-state index contributed by atoms with van der Waals surface area (Å²) in [4.78, 5) is 4.46. The second-order valence-electron chi connectivity index (χ2n) is 5.32. The maximum absolute atomic E-state index is 6.35. The lowest BCUT2D eigenvalue weighted by Crippen LogP contribution is -2.45. The second-order valence-corrected chi connectivity index (χ2v) is 5.32. The van der Waals surface area contributed by atoms with Gasteiger partial charge in [-0.2, -0.15) is 0 Å². The van der Waals surface area contributed by atoms with Gasteiger partial charge in [0, 0.05) is 11.6 Å². The number of para-hydroxylation sites is 1. The van der Waals surface area contributed by atoms with Crippen molar-refractivity contribution in [3.05, 3.63) is 36.5 Å². The summed E-state index contributed by atoms with van der Waals surface area (Å²) in [5, 5.41) is 4.36. The summed E-state index contributed by atoms with van der Waals surface area (Å²) in [7, 11) is 1.99. The molecule has 0 spiro atoms. The molecule has 1 aromatic carbocycles. The molecule has 1 aliphatic carbocycles. The quantitative estimate of drug-likeness (QED) is 0.892. The van der Waals surface area contributed by atoms with Gasteiger partial charge in [0.1, 0.15) is 16.9 Å². The maximum atomic E-state index is 6.35. The lowest BCUT2D eigenvalue weighted by atomic mass is 9.77. The Balaban J connectivity index is 1.88. The topological polar surface area (TPSA) is 34.1 Å². The number of rotatable bonds is 5. The minimum Gasteiger partial charge on any atom is -0.485 e. The molecular weight excluding hydrogens is 236 g/mol. The summed E-state index contributed by atoms with van der Waals surface area (Å²) >= 11 is 0. The van der Waals surface area contributed by atoms with Crippen LogP contribution in [0.25, 0.3) is 10.9 Å². The van der Waals surface area contributed by atoms with E-state index < -0.39 is 0 Å². The molecule has 0 aliphatic heterocycles. The van der Waals surface area contributed by atoms with Gasteiger partial charge in [-0.05, 0) is 51.4 Å². The Morgan fingerprint density at radius 2 is 2.11 bits per heavy atom. The Labute approximate surface area is 114 Å². The van der Waals surface area contributed by atoms with E-state index in [0.717, 1.165) is 42.5 Å². The fourth-order valence-corrected chi connectivity index (χ4v) is 2.72. The first-order valence-electron chi connectivity index (χ1n) is 7.00. The third-order valence-corrected chi connectivity index (χ3v) is 4.02. The molecule has 19 heavy (non-hydrogen) atoms. The number of benzene rings is 1. The SMILES string of the molecule is CNCCC1(Oc2cccc3cccnc23)CCC1. The second kappa shape index (κ2) is 5.17. The highest BCUT2D eigenvalue weighted by Crippen LogP contribution is 2.40. The van der Waals surface area contributed by atoms with Crippen LogP contribution in [0.4, 0.5) is 0 Å². The van der Waals surface area contributed by atoms with Gasteiger partial charge in [0.15, 0.2) is 0 Å². The van der Waals surface area contributed by atoms with Crippen molar-refractivity contribution < 1.29 is 4.74 Å². The van der Waals surface area contributed by atoms with E-state index in [9.17, 15) is 0 Å². The zero-order chi connectivity index (χ0) is 13.1. The van der Waals surface area contributed by atoms with Crippen LogP contribution >= 0.6 is 0 Å². The van der Waals surface area contributed by atoms with Crippen LogP contribution in [0.3, 0.4) is 0 Å². The fourth-order valence-electron chi connectivity index (χ4n) is 2.72. The van der Waals surface area contributed by atoms with Gasteiger partial charge in [-0.1, -0.05) is 18.2 Å². The van der Waals surface area contributed by atoms with E-state index in [-0.39, 0.29) is 5.60 Å². The Morgan fingerprint density at radius 1 is 1.26 bits per heavy atom. The highest BCUT2D eigenvalue weighted by Gasteiger charge is 2.39. The summed E-state index contributed by atoms with van der Waals surface area (Å²) < 4.78 is 6.35. The third kappa shape index (κ3) is 2.43. The smallest absolute Gasteiger partial charge is 0.146 e. The zero-order valence-corrected chi connectivity index (χ0v) is 11.4. The van der Waals surface area contributed by atoms with Crippen LogP contribution in [0.15, 0.2) is 36.5 Å². The predicted octanol–water partition coefficient (Wildman–Crippen LogP) is 3.15. The van der Waals surface area contributed by atoms with E-state index in [4.69, 9.17) is 4.74 Å². The largest absolute Gasteiger partial charge is 0.485 e. The molecule has 0 radical (unpaired) electrons. The van der Waals surface area contributed by atoms with Crippen LogP contribution in [0.2, 0.25) is 0 Å². The van der Waals surface area contributed by atoms with Gasteiger partial charge in [-0.25, -0.2) is 0 Å². The first-order valence-corrected chi connectivity index (χ1v) is 7.00. The molecular formula is C16H20N2O. The number of ether oxygens (including phenoxy) is 1. The zero-order valence-electron chi connectivity index (χ0n) is 11.4. The van der Waals surface area contributed by atoms with Gasteiger partial charge in [0.2, 0.25) is 0 Å². The van der Waals surface area contributed by atoms with E-state index in [1.807, 2.05) is 31.4 Å². The Hall–Kier alpha value is -1.61. The van der Waals surface area contributed by atoms with Crippen LogP contribution < -0.4 is 10.1 Å². The summed E-state index contributed by atoms with van der Waals surface area (Å²) in [6, 6.07) is 10.2. The van der Waals surface area contributed by atoms with Crippen LogP contribution in [0.5, 0.6) is 5.75 Å². The highest BCUT2D eigenvalue weighted by atomic mass is 16.5. The molecule has 1 aromatic heterocycles. The molecule has 0 amide bonds. The molecule has 1 N–H and O–H groups in total. The van der Waals surface area contributed by atoms with Crippen LogP contribution in [0, 0.1) is 0 Å². The van der Waals surface area contributed by atoms with Crippen molar-refractivity contribution >= 4 is 10.9 Å². The Morgan fingerprint density at radius 3 is 2.84 bits per heavy atom. The van der Waals surface area contributed by atoms with Gasteiger partial charge >= 0.3 is 0 Å². The lowest BCUT2D eigenvalue weighted by Gasteiger charge is -2.42. The van der Waals surface area contributed by atoms with E-state index >= 15 is 0 Å². The van der Waals surface area contributed by atoms with Crippen molar-refractivity contribution in [1.29, 1.82) is 0 Å². The fraction of sp³-hybridized carbons (Fsp3) is 0.438. The van der Waals surface area contributed by atoms with Gasteiger partial charge in [-0.15, -0.1) is 0 Å². The van der Waals surface area contributed by atoms with Gasteiger partial charge in [0.05, 0.1) is 0 Å². The molecule has 3 nitrogen and oxygen atoms in total. The summed E-state index contributed by atoms with van der Waals surface area (Å²) in [6.07, 6.45) is 6.46. The molecule has 1 aliphatic rings. The molecule has 1 saturated carbocycles. The number of nitrogens with one attached hydrogen (secondary N) is 1. The van der Waals surface area contributed by atoms with Crippen molar-refractivity contribution in [3.8, 4) is 5.75 Å². The van der Waals surface area contributed by atoms with Crippen molar-refractivity contribution in [2.75, 3.05) is 13.6 Å². The van der Waals surface area contributed by atoms with E-state index in [1.165, 1.54) is 6.42 Å². The molecule has 3 rings (SSSR count). The molecule has 0 bridgehead atoms. The predicted molar refractivity (Wildman–Crippen MR) is 77.5 cm³/mol. The molecule has 0 unspecified atom stereocenters. The molecule has 0 saturated heterocycles. The molecule has 0 atom stereocenters. The Kier molecular flexibility index (Phi) is 3.38. The van der Waals surface area contributed by atoms with Crippen LogP contribution in [0.1, 0.15) is 25.7 Å². The van der Waals surface area contributed by atoms with Crippen LogP contribution in [-0.2, 0) is 0 Å². The average Bonchev–Trinajstić information content (AvgIpc) is 2.42. The normalized spacial score (nSPS) is 17.1. The number of pyridine rings is 1. The number of fused-ring (bicyclic) bond motifs is 1. The average molecular weight is 256 g/mol. The third-order valence-electron chi connectivity index (χ3n) is 4.02. The highest BCUT2D eigenvalue weighted by molar-refractivity contribution is 5.84. The summed E-state index contributed by atoms with van der Waals surface area (Å²) in [5.74, 6) is 0.925. The standard InChI is InChI=1S/C16H20N2O/c1-17-12-10-16(8-4-9-16)19-14-7-2-5-13-6-3-11-18-15(13)14/h2-3,5-7,11,17H,4,8-10,12H2,1H3. The van der Waals surface area contributed by atoms with Crippen molar-refractivity contribution in [2.45, 2.75) is 31.3 Å². The number of hydrogen-bond donors (Lipinski definition) is 1. The summed E-state index contributed by atoms with van der Waals surface area (Å²) in [6.45, 7) is 0.998. The number of hydrogen-bond acceptors (Lipinski definition) is 3. The molecule has 2 aromatic rings.